The molecule has 0 saturated carbocycles. The van der Waals surface area contributed by atoms with Crippen molar-refractivity contribution in [2.75, 3.05) is 14.2 Å². The molecule has 1 unspecified atom stereocenters. The fourth-order valence-electron chi connectivity index (χ4n) is 1.45. The molecule has 0 aliphatic carbocycles. The third-order valence-electron chi connectivity index (χ3n) is 2.16. The van der Waals surface area contributed by atoms with Crippen molar-refractivity contribution in [3.05, 3.63) is 17.7 Å². The molecule has 0 saturated heterocycles. The Morgan fingerprint density at radius 3 is 3.00 bits per heavy atom. The van der Waals surface area contributed by atoms with Crippen LogP contribution in [0.5, 0.6) is 0 Å². The molecule has 0 fully saturated rings. The Morgan fingerprint density at radius 1 is 1.64 bits per heavy atom. The monoisotopic (exact) mass is 197 g/mol. The molecule has 1 rings (SSSR count). The van der Waals surface area contributed by atoms with Crippen molar-refractivity contribution >= 4 is 0 Å². The molecule has 14 heavy (non-hydrogen) atoms. The molecule has 80 valence electrons. The van der Waals surface area contributed by atoms with Gasteiger partial charge in [0.15, 0.2) is 0 Å². The topological polar surface area (TPSA) is 49.9 Å². The Morgan fingerprint density at radius 2 is 2.43 bits per heavy atom. The second-order valence-corrected chi connectivity index (χ2v) is 3.34. The first-order valence-electron chi connectivity index (χ1n) is 5.03. The van der Waals surface area contributed by atoms with Gasteiger partial charge in [-0.2, -0.15) is 0 Å². The second kappa shape index (κ2) is 5.78. The Kier molecular flexibility index (Phi) is 4.62. The van der Waals surface area contributed by atoms with Gasteiger partial charge in [-0.1, -0.05) is 13.3 Å². The van der Waals surface area contributed by atoms with E-state index < -0.39 is 0 Å². The zero-order valence-corrected chi connectivity index (χ0v) is 9.13. The molecule has 4 heteroatoms. The van der Waals surface area contributed by atoms with Crippen molar-refractivity contribution in [1.29, 1.82) is 0 Å². The van der Waals surface area contributed by atoms with Gasteiger partial charge in [0, 0.05) is 25.5 Å². The van der Waals surface area contributed by atoms with Crippen LogP contribution in [0.3, 0.4) is 0 Å². The minimum atomic E-state index is 0.102. The van der Waals surface area contributed by atoms with E-state index in [0.717, 1.165) is 30.9 Å². The summed E-state index contributed by atoms with van der Waals surface area (Å²) in [5.74, 6) is 0.930. The van der Waals surface area contributed by atoms with Crippen molar-refractivity contribution in [3.63, 3.8) is 0 Å². The van der Waals surface area contributed by atoms with E-state index in [1.165, 1.54) is 0 Å². The predicted molar refractivity (Wildman–Crippen MR) is 56.0 cm³/mol. The van der Waals surface area contributed by atoms with Crippen molar-refractivity contribution in [2.24, 2.45) is 0 Å². The van der Waals surface area contributed by atoms with Gasteiger partial charge in [0.2, 0.25) is 0 Å². The van der Waals surface area contributed by atoms with Crippen molar-refractivity contribution in [2.45, 2.75) is 32.4 Å². The van der Waals surface area contributed by atoms with Crippen LogP contribution in [0.2, 0.25) is 0 Å². The summed E-state index contributed by atoms with van der Waals surface area (Å²) in [6.07, 6.45) is 4.06. The number of hydrogen-bond donors (Lipinski definition) is 2. The van der Waals surface area contributed by atoms with Gasteiger partial charge in [-0.05, 0) is 13.5 Å². The van der Waals surface area contributed by atoms with E-state index in [4.69, 9.17) is 4.74 Å². The Labute approximate surface area is 85.1 Å². The number of ether oxygens (including phenoxy) is 1. The maximum absolute atomic E-state index is 5.35. The lowest BCUT2D eigenvalue weighted by molar-refractivity contribution is 0.0882. The molecule has 1 heterocycles. The summed E-state index contributed by atoms with van der Waals surface area (Å²) in [4.78, 5) is 7.56. The second-order valence-electron chi connectivity index (χ2n) is 3.34. The number of rotatable bonds is 6. The molecule has 0 amide bonds. The summed E-state index contributed by atoms with van der Waals surface area (Å²) in [6.45, 7) is 2.96. The maximum atomic E-state index is 5.35. The molecule has 0 aliphatic heterocycles. The van der Waals surface area contributed by atoms with Crippen LogP contribution in [-0.2, 0) is 11.3 Å². The van der Waals surface area contributed by atoms with Gasteiger partial charge in [0.1, 0.15) is 11.9 Å². The molecule has 0 radical (unpaired) electrons. The lowest BCUT2D eigenvalue weighted by atomic mass is 10.2. The number of methoxy groups -OCH3 is 1. The van der Waals surface area contributed by atoms with Crippen molar-refractivity contribution < 1.29 is 4.74 Å². The number of nitrogens with one attached hydrogen (secondary N) is 2. The minimum absolute atomic E-state index is 0.102. The van der Waals surface area contributed by atoms with Crippen LogP contribution >= 0.6 is 0 Å². The van der Waals surface area contributed by atoms with E-state index in [9.17, 15) is 0 Å². The van der Waals surface area contributed by atoms with Gasteiger partial charge in [-0.15, -0.1) is 0 Å². The molecule has 1 atom stereocenters. The molecule has 1 aromatic rings. The van der Waals surface area contributed by atoms with E-state index in [0.29, 0.717) is 0 Å². The van der Waals surface area contributed by atoms with E-state index in [1.807, 2.05) is 13.2 Å². The molecular weight excluding hydrogens is 178 g/mol. The van der Waals surface area contributed by atoms with Gasteiger partial charge in [0.05, 0.1) is 0 Å². The fourth-order valence-corrected chi connectivity index (χ4v) is 1.45. The molecule has 0 bridgehead atoms. The summed E-state index contributed by atoms with van der Waals surface area (Å²) in [6, 6.07) is 0. The van der Waals surface area contributed by atoms with Crippen LogP contribution in [0.15, 0.2) is 6.20 Å². The molecule has 2 N–H and O–H groups in total. The van der Waals surface area contributed by atoms with Gasteiger partial charge < -0.3 is 15.0 Å². The van der Waals surface area contributed by atoms with Crippen molar-refractivity contribution in [1.82, 2.24) is 15.3 Å². The minimum Gasteiger partial charge on any atom is -0.374 e. The number of nitrogens with zero attached hydrogens (tertiary/aromatic N) is 1. The zero-order valence-electron chi connectivity index (χ0n) is 9.13. The normalized spacial score (nSPS) is 13.1. The molecule has 1 aromatic heterocycles. The molecule has 0 aliphatic rings. The highest BCUT2D eigenvalue weighted by Crippen LogP contribution is 2.18. The lowest BCUT2D eigenvalue weighted by Crippen LogP contribution is -2.06. The SMILES string of the molecule is CCCC(OC)c1ncc(CNC)[nH]1. The third kappa shape index (κ3) is 2.82. The first kappa shape index (κ1) is 11.2. The average Bonchev–Trinajstić information content (AvgIpc) is 2.63. The van der Waals surface area contributed by atoms with Gasteiger partial charge in [0.25, 0.3) is 0 Å². The van der Waals surface area contributed by atoms with Crippen LogP contribution in [0.25, 0.3) is 0 Å². The summed E-state index contributed by atoms with van der Waals surface area (Å²) in [5, 5.41) is 3.07. The van der Waals surface area contributed by atoms with E-state index in [-0.39, 0.29) is 6.10 Å². The smallest absolute Gasteiger partial charge is 0.135 e. The number of aromatic amines is 1. The fraction of sp³-hybridized carbons (Fsp3) is 0.700. The summed E-state index contributed by atoms with van der Waals surface area (Å²) in [7, 11) is 3.64. The molecular formula is C10H19N3O. The standard InChI is InChI=1S/C10H19N3O/c1-4-5-9(14-3)10-12-7-8(13-10)6-11-2/h7,9,11H,4-6H2,1-3H3,(H,12,13). The average molecular weight is 197 g/mol. The lowest BCUT2D eigenvalue weighted by Gasteiger charge is -2.10. The first-order valence-corrected chi connectivity index (χ1v) is 5.03. The number of aromatic nitrogens is 2. The summed E-state index contributed by atoms with van der Waals surface area (Å²) < 4.78 is 5.35. The molecule has 0 aromatic carbocycles. The Balaban J connectivity index is 2.63. The predicted octanol–water partition coefficient (Wildman–Crippen LogP) is 1.62. The van der Waals surface area contributed by atoms with E-state index in [2.05, 4.69) is 22.2 Å². The molecule has 0 spiro atoms. The zero-order chi connectivity index (χ0) is 10.4. The highest BCUT2D eigenvalue weighted by Gasteiger charge is 2.12. The number of H-pyrrole nitrogens is 1. The van der Waals surface area contributed by atoms with Crippen LogP contribution in [0.4, 0.5) is 0 Å². The number of imidazole rings is 1. The highest BCUT2D eigenvalue weighted by atomic mass is 16.5. The Bertz CT molecular complexity index is 260. The quantitative estimate of drug-likeness (QED) is 0.728. The largest absolute Gasteiger partial charge is 0.374 e. The number of hydrogen-bond acceptors (Lipinski definition) is 3. The third-order valence-corrected chi connectivity index (χ3v) is 2.16. The van der Waals surface area contributed by atoms with Crippen LogP contribution in [0.1, 0.15) is 37.4 Å². The maximum Gasteiger partial charge on any atom is 0.135 e. The van der Waals surface area contributed by atoms with Crippen LogP contribution < -0.4 is 5.32 Å². The van der Waals surface area contributed by atoms with Gasteiger partial charge >= 0.3 is 0 Å². The van der Waals surface area contributed by atoms with E-state index in [1.54, 1.807) is 7.11 Å². The van der Waals surface area contributed by atoms with E-state index >= 15 is 0 Å². The summed E-state index contributed by atoms with van der Waals surface area (Å²) >= 11 is 0. The van der Waals surface area contributed by atoms with Crippen LogP contribution in [0, 0.1) is 0 Å². The highest BCUT2D eigenvalue weighted by molar-refractivity contribution is 5.03. The van der Waals surface area contributed by atoms with Crippen LogP contribution in [-0.4, -0.2) is 24.1 Å². The summed E-state index contributed by atoms with van der Waals surface area (Å²) in [5.41, 5.74) is 1.10. The van der Waals surface area contributed by atoms with Crippen molar-refractivity contribution in [3.8, 4) is 0 Å². The first-order chi connectivity index (χ1) is 6.81. The van der Waals surface area contributed by atoms with Gasteiger partial charge in [-0.25, -0.2) is 4.98 Å². The van der Waals surface area contributed by atoms with Gasteiger partial charge in [-0.3, -0.25) is 0 Å². The molecule has 4 nitrogen and oxygen atoms in total. The Hall–Kier alpha value is -0.870.